The van der Waals surface area contributed by atoms with Gasteiger partial charge in [-0.15, -0.1) is 9.13 Å². The predicted octanol–water partition coefficient (Wildman–Crippen LogP) is 8.20. The number of benzene rings is 4. The number of carbonyl (C=O) groups excluding carboxylic acids is 1. The van der Waals surface area contributed by atoms with Crippen LogP contribution in [-0.4, -0.2) is 13.1 Å². The Balaban J connectivity index is 1.52. The Morgan fingerprint density at radius 2 is 1.43 bits per heavy atom. The summed E-state index contributed by atoms with van der Waals surface area (Å²) >= 11 is 0. The van der Waals surface area contributed by atoms with E-state index in [4.69, 9.17) is 4.74 Å². The van der Waals surface area contributed by atoms with Crippen LogP contribution < -0.4 is 13.7 Å². The molecule has 5 heteroatoms. The number of fused-ring (bicyclic) bond motifs is 4. The number of ether oxygens (including phenoxy) is 1. The van der Waals surface area contributed by atoms with Gasteiger partial charge in [-0.25, -0.2) is 4.79 Å². The summed E-state index contributed by atoms with van der Waals surface area (Å²) in [5, 5.41) is 2.37. The number of aromatic nitrogens is 3. The van der Waals surface area contributed by atoms with Crippen LogP contribution in [0.15, 0.2) is 140 Å². The van der Waals surface area contributed by atoms with Gasteiger partial charge in [0.25, 0.3) is 5.69 Å². The molecular weight excluding hydrogens is 603 g/mol. The van der Waals surface area contributed by atoms with Crippen molar-refractivity contribution in [3.05, 3.63) is 162 Å². The van der Waals surface area contributed by atoms with Gasteiger partial charge in [0.1, 0.15) is 12.1 Å². The van der Waals surface area contributed by atoms with Crippen molar-refractivity contribution in [1.82, 2.24) is 0 Å². The van der Waals surface area contributed by atoms with E-state index < -0.39 is 0 Å². The van der Waals surface area contributed by atoms with Crippen LogP contribution >= 0.6 is 0 Å². The van der Waals surface area contributed by atoms with Crippen molar-refractivity contribution in [3.8, 4) is 44.9 Å². The van der Waals surface area contributed by atoms with E-state index in [1.807, 2.05) is 6.07 Å². The van der Waals surface area contributed by atoms with Gasteiger partial charge < -0.3 is 4.74 Å². The number of hydrogen-bond acceptors (Lipinski definition) is 2. The second-order valence-corrected chi connectivity index (χ2v) is 12.7. The molecule has 1 unspecified atom stereocenters. The Morgan fingerprint density at radius 1 is 0.694 bits per heavy atom. The van der Waals surface area contributed by atoms with E-state index in [1.54, 1.807) is 0 Å². The van der Waals surface area contributed by atoms with Crippen molar-refractivity contribution in [2.45, 2.75) is 33.5 Å². The molecule has 1 atom stereocenters. The first-order valence-corrected chi connectivity index (χ1v) is 16.8. The topological polar surface area (TPSA) is 37.9 Å². The summed E-state index contributed by atoms with van der Waals surface area (Å²) < 4.78 is 12.4. The summed E-state index contributed by atoms with van der Waals surface area (Å²) in [5.74, 6) is -0.387. The smallest absolute Gasteiger partial charge is 0.403 e. The van der Waals surface area contributed by atoms with Crippen LogP contribution in [-0.2, 0) is 11.3 Å². The van der Waals surface area contributed by atoms with E-state index in [-0.39, 0.29) is 12.1 Å². The molecule has 7 aromatic rings. The van der Waals surface area contributed by atoms with E-state index >= 15 is 0 Å². The maximum absolute atomic E-state index is 14.1. The summed E-state index contributed by atoms with van der Waals surface area (Å²) in [5.41, 5.74) is 12.4. The normalized spacial score (nSPS) is 13.3. The fourth-order valence-corrected chi connectivity index (χ4v) is 7.50. The van der Waals surface area contributed by atoms with Gasteiger partial charge in [0.15, 0.2) is 12.4 Å². The monoisotopic (exact) mass is 640 g/mol. The summed E-state index contributed by atoms with van der Waals surface area (Å²) in [6, 6.07) is 44.8. The molecule has 1 aliphatic rings. The summed E-state index contributed by atoms with van der Waals surface area (Å²) in [6.07, 6.45) is 3.93. The summed E-state index contributed by atoms with van der Waals surface area (Å²) in [4.78, 5) is 14.1. The molecule has 5 nitrogen and oxygen atoms in total. The summed E-state index contributed by atoms with van der Waals surface area (Å²) in [6.45, 7) is 7.22. The Bertz CT molecular complexity index is 2410. The number of methoxy groups -OCH3 is 1. The highest BCUT2D eigenvalue weighted by molar-refractivity contribution is 5.95. The molecule has 3 aromatic heterocycles. The quantitative estimate of drug-likeness (QED) is 0.136. The maximum atomic E-state index is 14.1. The summed E-state index contributed by atoms with van der Waals surface area (Å²) in [7, 11) is 1.47. The fraction of sp³-hybridized carbons (Fsp3) is 0.136. The molecule has 0 N–H and O–H groups in total. The molecule has 0 bridgehead atoms. The van der Waals surface area contributed by atoms with Gasteiger partial charge in [-0.3, -0.25) is 0 Å². The minimum atomic E-state index is -0.387. The van der Waals surface area contributed by atoms with Crippen LogP contribution in [0, 0.1) is 13.8 Å². The Labute approximate surface area is 287 Å². The third-order valence-corrected chi connectivity index (χ3v) is 9.88. The molecule has 4 aromatic carbocycles. The van der Waals surface area contributed by atoms with Crippen LogP contribution in [0.3, 0.4) is 0 Å². The highest BCUT2D eigenvalue weighted by Gasteiger charge is 2.50. The SMILES string of the molecule is CC[n+]1ccc2ccccc2c1-c1cccc2c1C([n+]1c(C(=O)OC)cc(-c3ccc(C)cc3)cc1-c1ccccc1C)[n+]1ccccc1-2. The van der Waals surface area contributed by atoms with Crippen LogP contribution in [0.4, 0.5) is 0 Å². The molecule has 4 heterocycles. The number of esters is 1. The van der Waals surface area contributed by atoms with Crippen LogP contribution in [0.1, 0.15) is 40.3 Å². The van der Waals surface area contributed by atoms with Crippen molar-refractivity contribution < 1.29 is 23.2 Å². The molecule has 8 rings (SSSR count). The van der Waals surface area contributed by atoms with Gasteiger partial charge in [-0.05, 0) is 73.2 Å². The van der Waals surface area contributed by atoms with Gasteiger partial charge in [-0.2, -0.15) is 4.57 Å². The zero-order valence-corrected chi connectivity index (χ0v) is 28.2. The average Bonchev–Trinajstić information content (AvgIpc) is 3.48. The minimum Gasteiger partial charge on any atom is -0.461 e. The lowest BCUT2D eigenvalue weighted by atomic mass is 9.93. The zero-order valence-electron chi connectivity index (χ0n) is 28.2. The van der Waals surface area contributed by atoms with Gasteiger partial charge in [0, 0.05) is 35.9 Å². The number of rotatable bonds is 6. The fourth-order valence-electron chi connectivity index (χ4n) is 7.50. The van der Waals surface area contributed by atoms with Gasteiger partial charge in [0.2, 0.25) is 17.1 Å². The van der Waals surface area contributed by atoms with Gasteiger partial charge in [-0.1, -0.05) is 72.3 Å². The molecule has 0 saturated heterocycles. The molecule has 0 radical (unpaired) electrons. The van der Waals surface area contributed by atoms with Crippen LogP contribution in [0.5, 0.6) is 0 Å². The molecule has 238 valence electrons. The first kappa shape index (κ1) is 30.4. The molecule has 49 heavy (non-hydrogen) atoms. The van der Waals surface area contributed by atoms with Crippen LogP contribution in [0.2, 0.25) is 0 Å². The Hall–Kier alpha value is -5.94. The van der Waals surface area contributed by atoms with Crippen molar-refractivity contribution in [2.75, 3.05) is 7.11 Å². The molecule has 0 aliphatic carbocycles. The lowest BCUT2D eigenvalue weighted by Crippen LogP contribution is -2.60. The number of hydrogen-bond donors (Lipinski definition) is 0. The standard InChI is InChI=1S/C44H38N3O2/c1-5-45-26-24-32-14-7-9-16-35(32)42(45)37-18-12-17-36-38-19-10-11-25-46(38)43(41(36)37)47-39(34-15-8-6-13-30(34)3)27-33(28-40(47)44(48)49-4)31-22-20-29(2)21-23-31/h6-28,43H,5H2,1-4H3/q+3. The first-order chi connectivity index (χ1) is 24.0. The zero-order chi connectivity index (χ0) is 33.6. The predicted molar refractivity (Wildman–Crippen MR) is 193 cm³/mol. The molecule has 0 amide bonds. The lowest BCUT2D eigenvalue weighted by molar-refractivity contribution is -0.921. The molecular formula is C44H38N3O2+3. The van der Waals surface area contributed by atoms with E-state index in [0.717, 1.165) is 62.6 Å². The highest BCUT2D eigenvalue weighted by atomic mass is 16.5. The largest absolute Gasteiger partial charge is 0.461 e. The van der Waals surface area contributed by atoms with Crippen molar-refractivity contribution in [1.29, 1.82) is 0 Å². The molecule has 0 saturated carbocycles. The van der Waals surface area contributed by atoms with E-state index in [0.29, 0.717) is 5.69 Å². The van der Waals surface area contributed by atoms with Crippen molar-refractivity contribution in [2.24, 2.45) is 0 Å². The maximum Gasteiger partial charge on any atom is 0.403 e. The molecule has 0 spiro atoms. The second kappa shape index (κ2) is 12.3. The first-order valence-electron chi connectivity index (χ1n) is 16.8. The second-order valence-electron chi connectivity index (χ2n) is 12.7. The number of aryl methyl sites for hydroxylation is 3. The Kier molecular flexibility index (Phi) is 7.60. The van der Waals surface area contributed by atoms with Gasteiger partial charge >= 0.3 is 12.1 Å². The number of pyridine rings is 3. The van der Waals surface area contributed by atoms with Gasteiger partial charge in [0.05, 0.1) is 23.6 Å². The van der Waals surface area contributed by atoms with E-state index in [9.17, 15) is 4.79 Å². The third kappa shape index (κ3) is 5.01. The number of nitrogens with zero attached hydrogens (tertiary/aromatic N) is 3. The van der Waals surface area contributed by atoms with Crippen molar-refractivity contribution >= 4 is 16.7 Å². The molecule has 0 fully saturated rings. The van der Waals surface area contributed by atoms with E-state index in [1.165, 1.54) is 23.4 Å². The average molecular weight is 641 g/mol. The third-order valence-electron chi connectivity index (χ3n) is 9.88. The Morgan fingerprint density at radius 3 is 2.22 bits per heavy atom. The van der Waals surface area contributed by atoms with Crippen LogP contribution in [0.25, 0.3) is 55.7 Å². The highest BCUT2D eigenvalue weighted by Crippen LogP contribution is 2.41. The lowest BCUT2D eigenvalue weighted by Gasteiger charge is -2.16. The van der Waals surface area contributed by atoms with E-state index in [2.05, 4.69) is 168 Å². The van der Waals surface area contributed by atoms with Crippen molar-refractivity contribution in [3.63, 3.8) is 0 Å². The number of carbonyl (C=O) groups is 1. The molecule has 1 aliphatic heterocycles. The minimum absolute atomic E-state index is 0.387.